The van der Waals surface area contributed by atoms with E-state index in [1.54, 1.807) is 11.3 Å². The highest BCUT2D eigenvalue weighted by Gasteiger charge is 2.20. The van der Waals surface area contributed by atoms with E-state index in [-0.39, 0.29) is 6.04 Å². The van der Waals surface area contributed by atoms with Gasteiger partial charge >= 0.3 is 0 Å². The number of thioether (sulfide) groups is 1. The summed E-state index contributed by atoms with van der Waals surface area (Å²) in [4.78, 5) is 2.82. The van der Waals surface area contributed by atoms with Crippen molar-refractivity contribution >= 4 is 66.3 Å². The summed E-state index contributed by atoms with van der Waals surface area (Å²) >= 11 is 12.7. The molecule has 18 heavy (non-hydrogen) atoms. The molecule has 1 aliphatic rings. The zero-order valence-corrected chi connectivity index (χ0v) is 15.0. The van der Waals surface area contributed by atoms with E-state index in [1.807, 2.05) is 23.1 Å². The van der Waals surface area contributed by atoms with Crippen molar-refractivity contribution < 1.29 is 0 Å². The average molecular weight is 425 g/mol. The molecule has 2 aromatic rings. The summed E-state index contributed by atoms with van der Waals surface area (Å²) in [6.07, 6.45) is 1.20. The van der Waals surface area contributed by atoms with Gasteiger partial charge in [-0.3, -0.25) is 0 Å². The fourth-order valence-corrected chi connectivity index (χ4v) is 7.37. The van der Waals surface area contributed by atoms with Crippen molar-refractivity contribution in [3.05, 3.63) is 40.6 Å². The van der Waals surface area contributed by atoms with Gasteiger partial charge in [-0.05, 0) is 61.7 Å². The van der Waals surface area contributed by atoms with Crippen LogP contribution in [0.25, 0.3) is 0 Å². The molecule has 0 saturated carbocycles. The van der Waals surface area contributed by atoms with Crippen molar-refractivity contribution in [2.75, 3.05) is 5.75 Å². The molecule has 3 heterocycles. The summed E-state index contributed by atoms with van der Waals surface area (Å²) in [5.41, 5.74) is 9.07. The summed E-state index contributed by atoms with van der Waals surface area (Å²) in [7, 11) is 0. The van der Waals surface area contributed by atoms with Crippen molar-refractivity contribution in [1.29, 1.82) is 0 Å². The van der Waals surface area contributed by atoms with Crippen LogP contribution in [-0.2, 0) is 12.2 Å². The maximum atomic E-state index is 6.40. The smallest absolute Gasteiger partial charge is 0.0761 e. The normalized spacial score (nSPS) is 16.6. The first kappa shape index (κ1) is 13.6. The van der Waals surface area contributed by atoms with Crippen LogP contribution in [0.2, 0.25) is 0 Å². The van der Waals surface area contributed by atoms with Crippen molar-refractivity contribution in [3.8, 4) is 0 Å². The number of aryl methyl sites for hydroxylation is 1. The molecule has 0 aliphatic carbocycles. The van der Waals surface area contributed by atoms with Crippen LogP contribution in [0.3, 0.4) is 0 Å². The van der Waals surface area contributed by atoms with Gasteiger partial charge < -0.3 is 5.73 Å². The Kier molecular flexibility index (Phi) is 4.23. The van der Waals surface area contributed by atoms with Gasteiger partial charge in [0.15, 0.2) is 0 Å². The van der Waals surface area contributed by atoms with Gasteiger partial charge in [0.2, 0.25) is 0 Å². The van der Waals surface area contributed by atoms with Crippen LogP contribution in [0.4, 0.5) is 0 Å². The van der Waals surface area contributed by atoms with Gasteiger partial charge in [0.1, 0.15) is 0 Å². The third kappa shape index (κ3) is 2.60. The monoisotopic (exact) mass is 423 g/mol. The van der Waals surface area contributed by atoms with Crippen molar-refractivity contribution in [2.45, 2.75) is 18.2 Å². The lowest BCUT2D eigenvalue weighted by molar-refractivity contribution is 0.893. The van der Waals surface area contributed by atoms with E-state index in [1.165, 1.54) is 33.1 Å². The minimum atomic E-state index is -0.0116. The Morgan fingerprint density at radius 1 is 1.22 bits per heavy atom. The van der Waals surface area contributed by atoms with E-state index >= 15 is 0 Å². The van der Waals surface area contributed by atoms with Gasteiger partial charge in [0, 0.05) is 21.1 Å². The summed E-state index contributed by atoms with van der Waals surface area (Å²) in [5.74, 6) is 2.39. The van der Waals surface area contributed by atoms with Gasteiger partial charge in [-0.15, -0.1) is 22.7 Å². The van der Waals surface area contributed by atoms with E-state index in [9.17, 15) is 0 Å². The van der Waals surface area contributed by atoms with Gasteiger partial charge in [0.25, 0.3) is 0 Å². The molecule has 3 rings (SSSR count). The number of nitrogens with two attached hydrogens (primary N) is 1. The lowest BCUT2D eigenvalue weighted by Gasteiger charge is -2.08. The second-order valence-corrected chi connectivity index (χ2v) is 10.2. The Balaban J connectivity index is 1.94. The molecule has 0 radical (unpaired) electrons. The highest BCUT2D eigenvalue weighted by atomic mass is 79.9. The Morgan fingerprint density at radius 2 is 2.06 bits per heavy atom. The summed E-state index contributed by atoms with van der Waals surface area (Å²) in [6, 6.07) is 4.41. The van der Waals surface area contributed by atoms with E-state index < -0.39 is 0 Å². The number of hydrogen-bond acceptors (Lipinski definition) is 4. The van der Waals surface area contributed by atoms with Crippen LogP contribution in [0.5, 0.6) is 0 Å². The Hall–Kier alpha value is 0.670. The molecule has 0 fully saturated rings. The fourth-order valence-electron chi connectivity index (χ4n) is 2.04. The third-order valence-electron chi connectivity index (χ3n) is 2.97. The van der Waals surface area contributed by atoms with Crippen LogP contribution < -0.4 is 5.73 Å². The van der Waals surface area contributed by atoms with E-state index in [0.29, 0.717) is 0 Å². The molecule has 6 heteroatoms. The van der Waals surface area contributed by atoms with Gasteiger partial charge in [-0.1, -0.05) is 0 Å². The largest absolute Gasteiger partial charge is 0.320 e. The molecule has 0 bridgehead atoms. The molecule has 0 aromatic carbocycles. The van der Waals surface area contributed by atoms with E-state index in [2.05, 4.69) is 44.0 Å². The molecule has 0 spiro atoms. The second-order valence-electron chi connectivity index (χ2n) is 4.16. The predicted molar refractivity (Wildman–Crippen MR) is 89.9 cm³/mol. The molecular weight excluding hydrogens is 414 g/mol. The molecule has 2 aromatic heterocycles. The number of fused-ring (bicyclic) bond motifs is 1. The lowest BCUT2D eigenvalue weighted by atomic mass is 10.1. The van der Waals surface area contributed by atoms with Crippen LogP contribution in [0.1, 0.15) is 26.9 Å². The van der Waals surface area contributed by atoms with Crippen LogP contribution in [0, 0.1) is 0 Å². The number of halogens is 2. The summed E-state index contributed by atoms with van der Waals surface area (Å²) in [6.45, 7) is 0. The summed E-state index contributed by atoms with van der Waals surface area (Å²) < 4.78 is 2.25. The zero-order valence-electron chi connectivity index (χ0n) is 9.41. The Bertz CT molecular complexity index is 552. The number of hydrogen-bond donors (Lipinski definition) is 1. The Labute approximate surface area is 135 Å². The quantitative estimate of drug-likeness (QED) is 0.719. The van der Waals surface area contributed by atoms with E-state index in [0.717, 1.165) is 13.3 Å². The fraction of sp³-hybridized carbons (Fsp3) is 0.333. The minimum Gasteiger partial charge on any atom is -0.320 e. The third-order valence-corrected chi connectivity index (χ3v) is 7.69. The van der Waals surface area contributed by atoms with Gasteiger partial charge in [-0.2, -0.15) is 11.8 Å². The first-order valence-corrected chi connectivity index (χ1v) is 9.92. The Morgan fingerprint density at radius 3 is 2.72 bits per heavy atom. The molecule has 1 aliphatic heterocycles. The van der Waals surface area contributed by atoms with Gasteiger partial charge in [0.05, 0.1) is 13.6 Å². The average Bonchev–Trinajstić information content (AvgIpc) is 2.91. The molecule has 0 saturated heterocycles. The highest BCUT2D eigenvalue weighted by molar-refractivity contribution is 9.12. The van der Waals surface area contributed by atoms with Crippen molar-refractivity contribution in [1.82, 2.24) is 0 Å². The first-order chi connectivity index (χ1) is 8.65. The maximum Gasteiger partial charge on any atom is 0.0761 e. The minimum absolute atomic E-state index is 0.0116. The number of thiophene rings is 2. The van der Waals surface area contributed by atoms with Crippen molar-refractivity contribution in [2.24, 2.45) is 5.73 Å². The van der Waals surface area contributed by atoms with Crippen molar-refractivity contribution in [3.63, 3.8) is 0 Å². The number of rotatable bonds is 2. The molecule has 1 unspecified atom stereocenters. The first-order valence-electron chi connectivity index (χ1n) is 5.54. The highest BCUT2D eigenvalue weighted by Crippen LogP contribution is 2.40. The molecule has 1 nitrogen and oxygen atoms in total. The van der Waals surface area contributed by atoms with Crippen LogP contribution in [-0.4, -0.2) is 5.75 Å². The molecule has 0 amide bonds. The molecular formula is C12H11Br2NS3. The SMILES string of the molecule is NC(c1cc2c(s1)CCSC2)c1cc(Br)sc1Br. The second kappa shape index (κ2) is 5.58. The van der Waals surface area contributed by atoms with Gasteiger partial charge in [-0.25, -0.2) is 0 Å². The topological polar surface area (TPSA) is 26.0 Å². The predicted octanol–water partition coefficient (Wildman–Crippen LogP) is 5.17. The molecule has 96 valence electrons. The van der Waals surface area contributed by atoms with E-state index in [4.69, 9.17) is 5.73 Å². The molecule has 1 atom stereocenters. The standard InChI is InChI=1S/C12H11Br2NS3/c13-10-4-7(12(14)18-10)11(15)9-3-6-5-16-2-1-8(6)17-9/h3-4,11H,1-2,5,15H2. The zero-order chi connectivity index (χ0) is 12.7. The van der Waals surface area contributed by atoms with Crippen LogP contribution in [0.15, 0.2) is 19.7 Å². The lowest BCUT2D eigenvalue weighted by Crippen LogP contribution is -2.09. The molecule has 2 N–H and O–H groups in total. The maximum absolute atomic E-state index is 6.40. The van der Waals surface area contributed by atoms with Crippen LogP contribution >= 0.6 is 66.3 Å². The summed E-state index contributed by atoms with van der Waals surface area (Å²) in [5, 5.41) is 0.